The van der Waals surface area contributed by atoms with Crippen LogP contribution in [-0.2, 0) is 12.5 Å². The van der Waals surface area contributed by atoms with Gasteiger partial charge in [0, 0.05) is 24.1 Å². The van der Waals surface area contributed by atoms with E-state index in [0.717, 1.165) is 12.5 Å². The van der Waals surface area contributed by atoms with Crippen LogP contribution in [-0.4, -0.2) is 7.05 Å². The summed E-state index contributed by atoms with van der Waals surface area (Å²) < 4.78 is 25.8. The largest absolute Gasteiger partial charge is 0.316 e. The van der Waals surface area contributed by atoms with Crippen molar-refractivity contribution in [3.63, 3.8) is 0 Å². The summed E-state index contributed by atoms with van der Waals surface area (Å²) in [4.78, 5) is 0. The average Bonchev–Trinajstić information content (AvgIpc) is 2.07. The second-order valence-electron chi connectivity index (χ2n) is 3.22. The van der Waals surface area contributed by atoms with Crippen molar-refractivity contribution in [2.24, 2.45) is 0 Å². The van der Waals surface area contributed by atoms with Crippen molar-refractivity contribution in [3.05, 3.63) is 34.3 Å². The summed E-state index contributed by atoms with van der Waals surface area (Å²) in [7, 11) is 1.78. The summed E-state index contributed by atoms with van der Waals surface area (Å²) in [6.45, 7) is 1.44. The van der Waals surface area contributed by atoms with Gasteiger partial charge in [-0.05, 0) is 18.7 Å². The lowest BCUT2D eigenvalue weighted by Gasteiger charge is -2.12. The number of benzene rings is 1. The van der Waals surface area contributed by atoms with E-state index < -0.39 is 5.92 Å². The van der Waals surface area contributed by atoms with Gasteiger partial charge in [0.2, 0.25) is 0 Å². The first-order chi connectivity index (χ1) is 6.45. The van der Waals surface area contributed by atoms with Crippen LogP contribution >= 0.6 is 11.6 Å². The van der Waals surface area contributed by atoms with Crippen LogP contribution in [0.4, 0.5) is 8.78 Å². The first-order valence-corrected chi connectivity index (χ1v) is 4.64. The van der Waals surface area contributed by atoms with Crippen LogP contribution in [0, 0.1) is 0 Å². The molecule has 0 bridgehead atoms. The molecule has 1 aromatic rings. The van der Waals surface area contributed by atoms with E-state index in [0.29, 0.717) is 11.6 Å². The third kappa shape index (κ3) is 2.66. The van der Waals surface area contributed by atoms with Gasteiger partial charge in [0.25, 0.3) is 5.92 Å². The molecule has 0 unspecified atom stereocenters. The molecule has 0 aromatic heterocycles. The second-order valence-corrected chi connectivity index (χ2v) is 3.63. The van der Waals surface area contributed by atoms with Crippen LogP contribution in [0.2, 0.25) is 5.02 Å². The van der Waals surface area contributed by atoms with Gasteiger partial charge in [-0.3, -0.25) is 0 Å². The van der Waals surface area contributed by atoms with Gasteiger partial charge in [-0.1, -0.05) is 23.7 Å². The van der Waals surface area contributed by atoms with E-state index in [2.05, 4.69) is 5.32 Å². The molecule has 1 N–H and O–H groups in total. The number of halogens is 3. The standard InChI is InChI=1S/C10H12ClF2N/c1-10(12,13)8-4-3-7(6-14-2)9(11)5-8/h3-5,14H,6H2,1-2H3. The fraction of sp³-hybridized carbons (Fsp3) is 0.400. The minimum atomic E-state index is -2.83. The highest BCUT2D eigenvalue weighted by molar-refractivity contribution is 6.31. The fourth-order valence-electron chi connectivity index (χ4n) is 1.15. The number of rotatable bonds is 3. The Hall–Kier alpha value is -0.670. The zero-order valence-corrected chi connectivity index (χ0v) is 8.83. The Labute approximate surface area is 87.1 Å². The van der Waals surface area contributed by atoms with Crippen LogP contribution < -0.4 is 5.32 Å². The molecule has 1 nitrogen and oxygen atoms in total. The Morgan fingerprint density at radius 2 is 2.07 bits per heavy atom. The lowest BCUT2D eigenvalue weighted by Crippen LogP contribution is -2.09. The molecule has 14 heavy (non-hydrogen) atoms. The maximum Gasteiger partial charge on any atom is 0.270 e. The third-order valence-electron chi connectivity index (χ3n) is 1.93. The normalized spacial score (nSPS) is 11.8. The van der Waals surface area contributed by atoms with Crippen molar-refractivity contribution in [3.8, 4) is 0 Å². The molecule has 0 heterocycles. The molecule has 0 aliphatic rings. The van der Waals surface area contributed by atoms with Crippen LogP contribution in [0.25, 0.3) is 0 Å². The summed E-state index contributed by atoms with van der Waals surface area (Å²) in [6, 6.07) is 4.33. The molecule has 0 fully saturated rings. The molecule has 1 rings (SSSR count). The molecule has 0 amide bonds. The SMILES string of the molecule is CNCc1ccc(C(C)(F)F)cc1Cl. The maximum atomic E-state index is 12.9. The van der Waals surface area contributed by atoms with Crippen molar-refractivity contribution in [2.45, 2.75) is 19.4 Å². The number of nitrogens with one attached hydrogen (secondary N) is 1. The van der Waals surface area contributed by atoms with Gasteiger partial charge in [-0.15, -0.1) is 0 Å². The summed E-state index contributed by atoms with van der Waals surface area (Å²) in [5, 5.41) is 3.28. The second kappa shape index (κ2) is 4.24. The zero-order valence-electron chi connectivity index (χ0n) is 8.07. The van der Waals surface area contributed by atoms with Gasteiger partial charge in [0.15, 0.2) is 0 Å². The summed E-state index contributed by atoms with van der Waals surface area (Å²) in [5.41, 5.74) is 0.768. The predicted octanol–water partition coefficient (Wildman–Crippen LogP) is 3.17. The first kappa shape index (κ1) is 11.4. The topological polar surface area (TPSA) is 12.0 Å². The van der Waals surface area contributed by atoms with E-state index in [4.69, 9.17) is 11.6 Å². The lowest BCUT2D eigenvalue weighted by molar-refractivity contribution is 0.0174. The molecular formula is C10H12ClF2N. The van der Waals surface area contributed by atoms with Gasteiger partial charge in [0.05, 0.1) is 0 Å². The van der Waals surface area contributed by atoms with Gasteiger partial charge in [-0.25, -0.2) is 8.78 Å². The number of alkyl halides is 2. The Bertz CT molecular complexity index is 320. The van der Waals surface area contributed by atoms with Crippen molar-refractivity contribution in [1.82, 2.24) is 5.32 Å². The molecule has 0 aliphatic carbocycles. The molecule has 4 heteroatoms. The van der Waals surface area contributed by atoms with Crippen molar-refractivity contribution >= 4 is 11.6 Å². The van der Waals surface area contributed by atoms with E-state index in [9.17, 15) is 8.78 Å². The molecular weight excluding hydrogens is 208 g/mol. The van der Waals surface area contributed by atoms with E-state index in [1.54, 1.807) is 13.1 Å². The monoisotopic (exact) mass is 219 g/mol. The molecule has 0 saturated carbocycles. The Morgan fingerprint density at radius 1 is 1.43 bits per heavy atom. The zero-order chi connectivity index (χ0) is 10.8. The lowest BCUT2D eigenvalue weighted by atomic mass is 10.1. The molecule has 0 saturated heterocycles. The molecule has 0 aliphatic heterocycles. The maximum absolute atomic E-state index is 12.9. The van der Waals surface area contributed by atoms with Gasteiger partial charge in [0.1, 0.15) is 0 Å². The fourth-order valence-corrected chi connectivity index (χ4v) is 1.40. The van der Waals surface area contributed by atoms with E-state index in [1.807, 2.05) is 0 Å². The molecule has 0 radical (unpaired) electrons. The van der Waals surface area contributed by atoms with Gasteiger partial charge < -0.3 is 5.32 Å². The first-order valence-electron chi connectivity index (χ1n) is 4.26. The van der Waals surface area contributed by atoms with E-state index >= 15 is 0 Å². The minimum absolute atomic E-state index is 0.0534. The number of hydrogen-bond acceptors (Lipinski definition) is 1. The minimum Gasteiger partial charge on any atom is -0.316 e. The van der Waals surface area contributed by atoms with Crippen LogP contribution in [0.15, 0.2) is 18.2 Å². The van der Waals surface area contributed by atoms with Crippen LogP contribution in [0.3, 0.4) is 0 Å². The van der Waals surface area contributed by atoms with Gasteiger partial charge in [-0.2, -0.15) is 0 Å². The Morgan fingerprint density at radius 3 is 2.50 bits per heavy atom. The summed E-state index contributed by atoms with van der Waals surface area (Å²) in [5.74, 6) is -2.83. The third-order valence-corrected chi connectivity index (χ3v) is 2.28. The highest BCUT2D eigenvalue weighted by Crippen LogP contribution is 2.30. The quantitative estimate of drug-likeness (QED) is 0.824. The summed E-state index contributed by atoms with van der Waals surface area (Å²) in [6.07, 6.45) is 0. The molecule has 0 atom stereocenters. The highest BCUT2D eigenvalue weighted by atomic mass is 35.5. The molecule has 1 aromatic carbocycles. The van der Waals surface area contributed by atoms with Crippen molar-refractivity contribution in [2.75, 3.05) is 7.05 Å². The van der Waals surface area contributed by atoms with E-state index in [1.165, 1.54) is 12.1 Å². The molecule has 78 valence electrons. The van der Waals surface area contributed by atoms with E-state index in [-0.39, 0.29) is 5.56 Å². The molecule has 0 spiro atoms. The Kier molecular flexibility index (Phi) is 3.45. The van der Waals surface area contributed by atoms with Crippen LogP contribution in [0.1, 0.15) is 18.1 Å². The smallest absolute Gasteiger partial charge is 0.270 e. The van der Waals surface area contributed by atoms with Crippen LogP contribution in [0.5, 0.6) is 0 Å². The predicted molar refractivity (Wildman–Crippen MR) is 53.8 cm³/mol. The number of hydrogen-bond donors (Lipinski definition) is 1. The van der Waals surface area contributed by atoms with Crippen molar-refractivity contribution < 1.29 is 8.78 Å². The Balaban J connectivity index is 3.01. The highest BCUT2D eigenvalue weighted by Gasteiger charge is 2.24. The van der Waals surface area contributed by atoms with Crippen molar-refractivity contribution in [1.29, 1.82) is 0 Å². The average molecular weight is 220 g/mol. The summed E-state index contributed by atoms with van der Waals surface area (Å²) >= 11 is 5.84. The van der Waals surface area contributed by atoms with Gasteiger partial charge >= 0.3 is 0 Å².